The average molecular weight is 337 g/mol. The van der Waals surface area contributed by atoms with E-state index in [1.165, 1.54) is 0 Å². The fraction of sp³-hybridized carbons (Fsp3) is 0.333. The van der Waals surface area contributed by atoms with Gasteiger partial charge in [0.05, 0.1) is 23.0 Å². The number of carbonyl (C=O) groups is 1. The largest absolute Gasteiger partial charge is 0.381 e. The third-order valence-corrected chi connectivity index (χ3v) is 4.55. The number of carbonyl (C=O) groups excluding carboxylic acids is 1. The fourth-order valence-corrected chi connectivity index (χ4v) is 3.19. The highest BCUT2D eigenvalue weighted by atomic mass is 16.5. The van der Waals surface area contributed by atoms with Crippen LogP contribution in [0.15, 0.2) is 36.7 Å². The Hall–Kier alpha value is -2.80. The summed E-state index contributed by atoms with van der Waals surface area (Å²) in [5.41, 5.74) is 3.26. The lowest BCUT2D eigenvalue weighted by atomic mass is 9.96. The van der Waals surface area contributed by atoms with Crippen LogP contribution in [0, 0.1) is 6.92 Å². The van der Waals surface area contributed by atoms with Crippen molar-refractivity contribution in [2.45, 2.75) is 25.7 Å². The van der Waals surface area contributed by atoms with Gasteiger partial charge in [-0.25, -0.2) is 4.52 Å². The molecule has 0 bridgehead atoms. The number of aryl methyl sites for hydroxylation is 1. The molecule has 0 spiro atoms. The Labute approximate surface area is 145 Å². The molecule has 0 aromatic carbocycles. The number of fused-ring (bicyclic) bond motifs is 1. The standard InChI is InChI=1S/C18H19N5O2/c1-12-3-2-8-23-17(12)14(11-19-23)18(24)20-16-5-4-15(21-22-16)13-6-9-25-10-7-13/h2-5,8,11,13H,6-7,9-10H2,1H3,(H,20,22,24). The van der Waals surface area contributed by atoms with Gasteiger partial charge in [-0.15, -0.1) is 5.10 Å². The van der Waals surface area contributed by atoms with Gasteiger partial charge in [-0.3, -0.25) is 4.79 Å². The molecule has 1 saturated heterocycles. The van der Waals surface area contributed by atoms with Gasteiger partial charge in [-0.05, 0) is 43.5 Å². The van der Waals surface area contributed by atoms with E-state index in [0.29, 0.717) is 17.3 Å². The molecule has 0 saturated carbocycles. The zero-order valence-corrected chi connectivity index (χ0v) is 14.0. The SMILES string of the molecule is Cc1cccn2ncc(C(=O)Nc3ccc(C4CCOCC4)nn3)c12. The van der Waals surface area contributed by atoms with E-state index >= 15 is 0 Å². The van der Waals surface area contributed by atoms with Gasteiger partial charge in [-0.1, -0.05) is 6.07 Å². The predicted octanol–water partition coefficient (Wildman–Crippen LogP) is 2.58. The Kier molecular flexibility index (Phi) is 4.15. The van der Waals surface area contributed by atoms with E-state index in [4.69, 9.17) is 4.74 Å². The van der Waals surface area contributed by atoms with Crippen LogP contribution >= 0.6 is 0 Å². The molecular weight excluding hydrogens is 318 g/mol. The zero-order chi connectivity index (χ0) is 17.2. The van der Waals surface area contributed by atoms with Crippen LogP contribution in [0.3, 0.4) is 0 Å². The first-order chi connectivity index (χ1) is 12.2. The summed E-state index contributed by atoms with van der Waals surface area (Å²) in [6.45, 7) is 3.48. The predicted molar refractivity (Wildman–Crippen MR) is 92.7 cm³/mol. The number of hydrogen-bond donors (Lipinski definition) is 1. The van der Waals surface area contributed by atoms with Crippen molar-refractivity contribution >= 4 is 17.2 Å². The van der Waals surface area contributed by atoms with Gasteiger partial charge >= 0.3 is 0 Å². The highest BCUT2D eigenvalue weighted by Crippen LogP contribution is 2.25. The molecule has 0 radical (unpaired) electrons. The topological polar surface area (TPSA) is 81.4 Å². The second-order valence-corrected chi connectivity index (χ2v) is 6.23. The first-order valence-corrected chi connectivity index (χ1v) is 8.38. The van der Waals surface area contributed by atoms with Crippen molar-refractivity contribution in [3.8, 4) is 0 Å². The summed E-state index contributed by atoms with van der Waals surface area (Å²) in [6, 6.07) is 7.59. The van der Waals surface area contributed by atoms with E-state index in [2.05, 4.69) is 20.6 Å². The summed E-state index contributed by atoms with van der Waals surface area (Å²) in [5.74, 6) is 0.583. The Morgan fingerprint density at radius 1 is 1.24 bits per heavy atom. The maximum atomic E-state index is 12.6. The summed E-state index contributed by atoms with van der Waals surface area (Å²) >= 11 is 0. The van der Waals surface area contributed by atoms with E-state index < -0.39 is 0 Å². The number of pyridine rings is 1. The molecule has 7 heteroatoms. The Morgan fingerprint density at radius 2 is 2.08 bits per heavy atom. The van der Waals surface area contributed by atoms with Gasteiger partial charge in [0.2, 0.25) is 0 Å². The number of anilines is 1. The monoisotopic (exact) mass is 337 g/mol. The summed E-state index contributed by atoms with van der Waals surface area (Å²) in [6.07, 6.45) is 5.31. The molecule has 0 unspecified atom stereocenters. The number of rotatable bonds is 3. The number of aromatic nitrogens is 4. The molecule has 4 rings (SSSR count). The van der Waals surface area contributed by atoms with Crippen LogP contribution in [-0.2, 0) is 4.74 Å². The van der Waals surface area contributed by atoms with Crippen LogP contribution in [0.4, 0.5) is 5.82 Å². The Morgan fingerprint density at radius 3 is 2.84 bits per heavy atom. The van der Waals surface area contributed by atoms with E-state index in [1.54, 1.807) is 16.8 Å². The maximum absolute atomic E-state index is 12.6. The number of ether oxygens (including phenoxy) is 1. The number of hydrogen-bond acceptors (Lipinski definition) is 5. The van der Waals surface area contributed by atoms with Gasteiger partial charge < -0.3 is 10.1 Å². The summed E-state index contributed by atoms with van der Waals surface area (Å²) in [4.78, 5) is 12.6. The normalized spacial score (nSPS) is 15.4. The molecule has 1 aliphatic rings. The minimum atomic E-state index is -0.239. The fourth-order valence-electron chi connectivity index (χ4n) is 3.19. The van der Waals surface area contributed by atoms with Gasteiger partial charge in [-0.2, -0.15) is 10.2 Å². The van der Waals surface area contributed by atoms with Gasteiger partial charge in [0.25, 0.3) is 5.91 Å². The second-order valence-electron chi connectivity index (χ2n) is 6.23. The lowest BCUT2D eigenvalue weighted by molar-refractivity contribution is 0.0843. The quantitative estimate of drug-likeness (QED) is 0.794. The van der Waals surface area contributed by atoms with Crippen molar-refractivity contribution in [1.29, 1.82) is 0 Å². The van der Waals surface area contributed by atoms with Gasteiger partial charge in [0.1, 0.15) is 0 Å². The molecule has 1 N–H and O–H groups in total. The molecule has 25 heavy (non-hydrogen) atoms. The minimum Gasteiger partial charge on any atom is -0.381 e. The second kappa shape index (κ2) is 6.60. The third kappa shape index (κ3) is 3.10. The van der Waals surface area contributed by atoms with Crippen LogP contribution in [0.2, 0.25) is 0 Å². The van der Waals surface area contributed by atoms with Crippen LogP contribution in [0.1, 0.15) is 40.4 Å². The third-order valence-electron chi connectivity index (χ3n) is 4.55. The highest BCUT2D eigenvalue weighted by molar-refractivity contribution is 6.08. The zero-order valence-electron chi connectivity index (χ0n) is 14.0. The molecule has 3 aromatic heterocycles. The summed E-state index contributed by atoms with van der Waals surface area (Å²) in [7, 11) is 0. The Bertz CT molecular complexity index is 897. The number of nitrogens with one attached hydrogen (secondary N) is 1. The maximum Gasteiger partial charge on any atom is 0.260 e. The van der Waals surface area contributed by atoms with Gasteiger partial charge in [0, 0.05) is 25.3 Å². The molecule has 128 valence electrons. The van der Waals surface area contributed by atoms with Crippen molar-refractivity contribution in [2.75, 3.05) is 18.5 Å². The highest BCUT2D eigenvalue weighted by Gasteiger charge is 2.18. The molecule has 4 heterocycles. The number of nitrogens with zero attached hydrogens (tertiary/aromatic N) is 4. The summed E-state index contributed by atoms with van der Waals surface area (Å²) < 4.78 is 7.07. The Balaban J connectivity index is 1.52. The van der Waals surface area contributed by atoms with E-state index in [-0.39, 0.29) is 5.91 Å². The molecule has 1 amide bonds. The molecule has 7 nitrogen and oxygen atoms in total. The average Bonchev–Trinajstić information content (AvgIpc) is 3.09. The molecule has 1 fully saturated rings. The first-order valence-electron chi connectivity index (χ1n) is 8.38. The van der Waals surface area contributed by atoms with E-state index in [1.807, 2.05) is 31.3 Å². The van der Waals surface area contributed by atoms with Crippen molar-refractivity contribution in [3.63, 3.8) is 0 Å². The van der Waals surface area contributed by atoms with E-state index in [9.17, 15) is 4.79 Å². The van der Waals surface area contributed by atoms with Crippen LogP contribution in [-0.4, -0.2) is 38.9 Å². The van der Waals surface area contributed by atoms with Gasteiger partial charge in [0.15, 0.2) is 5.82 Å². The van der Waals surface area contributed by atoms with Crippen molar-refractivity contribution < 1.29 is 9.53 Å². The lowest BCUT2D eigenvalue weighted by Gasteiger charge is -2.20. The summed E-state index contributed by atoms with van der Waals surface area (Å²) in [5, 5.41) is 15.5. The van der Waals surface area contributed by atoms with Crippen molar-refractivity contribution in [3.05, 3.63) is 53.5 Å². The smallest absolute Gasteiger partial charge is 0.260 e. The van der Waals surface area contributed by atoms with Crippen LogP contribution in [0.5, 0.6) is 0 Å². The molecule has 3 aromatic rings. The minimum absolute atomic E-state index is 0.239. The first kappa shape index (κ1) is 15.7. The van der Waals surface area contributed by atoms with Crippen molar-refractivity contribution in [2.24, 2.45) is 0 Å². The van der Waals surface area contributed by atoms with Crippen molar-refractivity contribution in [1.82, 2.24) is 19.8 Å². The number of amides is 1. The lowest BCUT2D eigenvalue weighted by Crippen LogP contribution is -2.17. The molecule has 1 aliphatic heterocycles. The van der Waals surface area contributed by atoms with Crippen LogP contribution < -0.4 is 5.32 Å². The van der Waals surface area contributed by atoms with Crippen LogP contribution in [0.25, 0.3) is 5.52 Å². The van der Waals surface area contributed by atoms with E-state index in [0.717, 1.165) is 42.8 Å². The molecular formula is C18H19N5O2. The molecule has 0 atom stereocenters. The molecule has 0 aliphatic carbocycles.